The first-order chi connectivity index (χ1) is 15.0. The average Bonchev–Trinajstić information content (AvgIpc) is 3.16. The van der Waals surface area contributed by atoms with Crippen molar-refractivity contribution in [2.24, 2.45) is 0 Å². The molecule has 0 bridgehead atoms. The van der Waals surface area contributed by atoms with Crippen LogP contribution < -0.4 is 0 Å². The topological polar surface area (TPSA) is 38.1 Å². The largest absolute Gasteiger partial charge is 0.337 e. The Morgan fingerprint density at radius 2 is 1.58 bits per heavy atom. The van der Waals surface area contributed by atoms with Crippen molar-refractivity contribution in [1.82, 2.24) is 14.5 Å². The van der Waals surface area contributed by atoms with Gasteiger partial charge in [-0.05, 0) is 29.8 Å². The van der Waals surface area contributed by atoms with Crippen molar-refractivity contribution < 1.29 is 13.6 Å². The molecular formula is C24H21F2N3OS. The van der Waals surface area contributed by atoms with E-state index in [4.69, 9.17) is 0 Å². The van der Waals surface area contributed by atoms with Gasteiger partial charge in [0.05, 0.1) is 17.6 Å². The van der Waals surface area contributed by atoms with Gasteiger partial charge in [0.1, 0.15) is 11.1 Å². The monoisotopic (exact) mass is 437 g/mol. The number of aromatic nitrogens is 2. The van der Waals surface area contributed by atoms with E-state index in [-0.39, 0.29) is 18.3 Å². The normalized spacial score (nSPS) is 12.3. The Kier molecular flexibility index (Phi) is 6.32. The van der Waals surface area contributed by atoms with Crippen LogP contribution in [0.2, 0.25) is 0 Å². The zero-order valence-corrected chi connectivity index (χ0v) is 17.7. The van der Waals surface area contributed by atoms with Crippen molar-refractivity contribution >= 4 is 28.7 Å². The maximum absolute atomic E-state index is 13.8. The number of carbonyl (C=O) groups is 1. The maximum atomic E-state index is 13.8. The highest BCUT2D eigenvalue weighted by atomic mass is 32.2. The first kappa shape index (κ1) is 21.1. The molecule has 0 saturated heterocycles. The van der Waals surface area contributed by atoms with E-state index in [2.05, 4.69) is 4.98 Å². The third kappa shape index (κ3) is 4.61. The van der Waals surface area contributed by atoms with E-state index in [9.17, 15) is 13.6 Å². The van der Waals surface area contributed by atoms with E-state index in [1.165, 1.54) is 16.7 Å². The Bertz CT molecular complexity index is 1170. The number of benzene rings is 3. The summed E-state index contributed by atoms with van der Waals surface area (Å²) in [7, 11) is 1.62. The summed E-state index contributed by atoms with van der Waals surface area (Å²) in [5.41, 5.74) is 1.69. The number of hydrogen-bond acceptors (Lipinski definition) is 3. The van der Waals surface area contributed by atoms with Crippen LogP contribution in [0.1, 0.15) is 23.2 Å². The molecule has 1 aromatic heterocycles. The molecule has 7 heteroatoms. The number of amides is 1. The lowest BCUT2D eigenvalue weighted by atomic mass is 10.1. The Balaban J connectivity index is 1.63. The van der Waals surface area contributed by atoms with Crippen molar-refractivity contribution in [3.63, 3.8) is 0 Å². The predicted molar refractivity (Wildman–Crippen MR) is 119 cm³/mol. The van der Waals surface area contributed by atoms with Gasteiger partial charge in [0.25, 0.3) is 0 Å². The van der Waals surface area contributed by atoms with E-state index in [1.54, 1.807) is 31.3 Å². The van der Waals surface area contributed by atoms with E-state index >= 15 is 0 Å². The Hall–Kier alpha value is -3.19. The van der Waals surface area contributed by atoms with Crippen molar-refractivity contribution in [3.8, 4) is 0 Å². The lowest BCUT2D eigenvalue weighted by molar-refractivity contribution is -0.130. The van der Waals surface area contributed by atoms with Crippen LogP contribution in [0.25, 0.3) is 11.0 Å². The van der Waals surface area contributed by atoms with Crippen molar-refractivity contribution in [2.75, 3.05) is 7.05 Å². The lowest BCUT2D eigenvalue weighted by Crippen LogP contribution is -2.31. The van der Waals surface area contributed by atoms with Gasteiger partial charge in [-0.15, -0.1) is 11.8 Å². The molecular weight excluding hydrogens is 416 g/mol. The second-order valence-corrected chi connectivity index (χ2v) is 8.26. The molecule has 0 aliphatic heterocycles. The quantitative estimate of drug-likeness (QED) is 0.337. The number of hydrogen-bond donors (Lipinski definition) is 0. The van der Waals surface area contributed by atoms with Crippen molar-refractivity contribution in [3.05, 3.63) is 96.3 Å². The molecule has 0 aliphatic carbocycles. The number of rotatable bonds is 7. The fraction of sp³-hybridized carbons (Fsp3) is 0.167. The van der Waals surface area contributed by atoms with Gasteiger partial charge in [-0.25, -0.2) is 4.98 Å². The van der Waals surface area contributed by atoms with Gasteiger partial charge in [0.15, 0.2) is 0 Å². The molecule has 4 aromatic rings. The fourth-order valence-corrected chi connectivity index (χ4v) is 4.60. The predicted octanol–water partition coefficient (Wildman–Crippen LogP) is 5.92. The molecule has 0 spiro atoms. The maximum Gasteiger partial charge on any atom is 0.320 e. The van der Waals surface area contributed by atoms with Crippen LogP contribution in [0.5, 0.6) is 0 Å². The van der Waals surface area contributed by atoms with Crippen LogP contribution in [0.3, 0.4) is 0 Å². The Morgan fingerprint density at radius 3 is 2.26 bits per heavy atom. The minimum Gasteiger partial charge on any atom is -0.337 e. The van der Waals surface area contributed by atoms with E-state index in [1.807, 2.05) is 60.7 Å². The molecule has 0 radical (unpaired) electrons. The summed E-state index contributed by atoms with van der Waals surface area (Å²) in [6.07, 6.45) is 0. The molecule has 4 rings (SSSR count). The second-order valence-electron chi connectivity index (χ2n) is 7.08. The first-order valence-electron chi connectivity index (χ1n) is 9.80. The Labute approximate surface area is 183 Å². The summed E-state index contributed by atoms with van der Waals surface area (Å²) >= 11 is 1.44. The molecule has 31 heavy (non-hydrogen) atoms. The smallest absolute Gasteiger partial charge is 0.320 e. The minimum atomic E-state index is -2.74. The first-order valence-corrected chi connectivity index (χ1v) is 10.7. The van der Waals surface area contributed by atoms with Crippen LogP contribution >= 0.6 is 11.8 Å². The van der Waals surface area contributed by atoms with Gasteiger partial charge in [-0.3, -0.25) is 9.36 Å². The van der Waals surface area contributed by atoms with Gasteiger partial charge >= 0.3 is 6.55 Å². The zero-order valence-electron chi connectivity index (χ0n) is 16.9. The molecule has 0 unspecified atom stereocenters. The van der Waals surface area contributed by atoms with Gasteiger partial charge in [-0.2, -0.15) is 8.78 Å². The standard InChI is InChI=1S/C24H21F2N3OS/c1-28(16-21-27-19-14-8-9-15-20(19)29(21)24(25)26)23(30)22(17-10-4-2-5-11-17)31-18-12-6-3-7-13-18/h2-15,22,24H,16H2,1H3/t22-/m1/s1. The molecule has 0 N–H and O–H groups in total. The number of nitrogens with zero attached hydrogens (tertiary/aromatic N) is 3. The molecule has 158 valence electrons. The second kappa shape index (κ2) is 9.31. The van der Waals surface area contributed by atoms with Crippen LogP contribution in [0.15, 0.2) is 89.8 Å². The lowest BCUT2D eigenvalue weighted by Gasteiger charge is -2.24. The number of thioether (sulfide) groups is 1. The van der Waals surface area contributed by atoms with Crippen molar-refractivity contribution in [2.45, 2.75) is 23.2 Å². The van der Waals surface area contributed by atoms with E-state index in [0.29, 0.717) is 11.0 Å². The number of alkyl halides is 2. The van der Waals surface area contributed by atoms with Gasteiger partial charge in [0, 0.05) is 11.9 Å². The molecule has 0 saturated carbocycles. The van der Waals surface area contributed by atoms with Crippen LogP contribution in [-0.4, -0.2) is 27.4 Å². The molecule has 0 aliphatic rings. The summed E-state index contributed by atoms with van der Waals surface area (Å²) < 4.78 is 28.4. The number of halogens is 2. The number of para-hydroxylation sites is 2. The summed E-state index contributed by atoms with van der Waals surface area (Å²) in [4.78, 5) is 20.2. The van der Waals surface area contributed by atoms with Gasteiger partial charge in [0.2, 0.25) is 5.91 Å². The molecule has 1 amide bonds. The highest BCUT2D eigenvalue weighted by molar-refractivity contribution is 8.00. The summed E-state index contributed by atoms with van der Waals surface area (Å²) in [5.74, 6) is -0.0171. The van der Waals surface area contributed by atoms with Gasteiger partial charge < -0.3 is 4.90 Å². The van der Waals surface area contributed by atoms with E-state index < -0.39 is 11.8 Å². The SMILES string of the molecule is CN(Cc1nc2ccccc2n1C(F)F)C(=O)[C@H](Sc1ccccc1)c1ccccc1. The number of imidazole rings is 1. The fourth-order valence-electron chi connectivity index (χ4n) is 3.44. The average molecular weight is 438 g/mol. The highest BCUT2D eigenvalue weighted by Gasteiger charge is 2.27. The van der Waals surface area contributed by atoms with E-state index in [0.717, 1.165) is 15.0 Å². The summed E-state index contributed by atoms with van der Waals surface area (Å²) in [5, 5.41) is -0.502. The van der Waals surface area contributed by atoms with Crippen LogP contribution in [0, 0.1) is 0 Å². The third-order valence-electron chi connectivity index (χ3n) is 4.94. The molecule has 1 atom stereocenters. The molecule has 4 nitrogen and oxygen atoms in total. The summed E-state index contributed by atoms with van der Waals surface area (Å²) in [6.45, 7) is -2.76. The van der Waals surface area contributed by atoms with Crippen molar-refractivity contribution in [1.29, 1.82) is 0 Å². The number of likely N-dealkylation sites (N-methyl/N-ethyl adjacent to an activating group) is 1. The van der Waals surface area contributed by atoms with Gasteiger partial charge in [-0.1, -0.05) is 60.7 Å². The number of fused-ring (bicyclic) bond motifs is 1. The minimum absolute atomic E-state index is 0.0173. The summed E-state index contributed by atoms with van der Waals surface area (Å²) in [6, 6.07) is 25.9. The molecule has 1 heterocycles. The van der Waals surface area contributed by atoms with Crippen LogP contribution in [0.4, 0.5) is 8.78 Å². The zero-order chi connectivity index (χ0) is 21.8. The Morgan fingerprint density at radius 1 is 0.968 bits per heavy atom. The number of carbonyl (C=O) groups excluding carboxylic acids is 1. The third-order valence-corrected chi connectivity index (χ3v) is 6.20. The van der Waals surface area contributed by atoms with Crippen LogP contribution in [-0.2, 0) is 11.3 Å². The highest BCUT2D eigenvalue weighted by Crippen LogP contribution is 2.37. The molecule has 3 aromatic carbocycles. The molecule has 0 fully saturated rings.